The van der Waals surface area contributed by atoms with Gasteiger partial charge in [-0.25, -0.2) is 13.6 Å². The molecular weight excluding hydrogens is 258 g/mol. The van der Waals surface area contributed by atoms with Crippen LogP contribution in [0.1, 0.15) is 13.3 Å². The number of hydrogen-bond donors (Lipinski definition) is 3. The zero-order valence-electron chi connectivity index (χ0n) is 10.2. The summed E-state index contributed by atoms with van der Waals surface area (Å²) >= 11 is 0. The molecule has 0 aliphatic carbocycles. The van der Waals surface area contributed by atoms with E-state index in [0.717, 1.165) is 12.1 Å². The number of carboxylic acid groups (broad SMARTS) is 1. The molecule has 0 heterocycles. The second-order valence-electron chi connectivity index (χ2n) is 4.20. The van der Waals surface area contributed by atoms with Crippen molar-refractivity contribution in [1.82, 2.24) is 5.32 Å². The van der Waals surface area contributed by atoms with Crippen molar-refractivity contribution >= 4 is 17.7 Å². The molecular formula is C12H14F2N2O3. The average molecular weight is 272 g/mol. The van der Waals surface area contributed by atoms with E-state index in [0.29, 0.717) is 6.07 Å². The van der Waals surface area contributed by atoms with Gasteiger partial charge in [0.05, 0.1) is 0 Å². The second kappa shape index (κ2) is 6.67. The van der Waals surface area contributed by atoms with Gasteiger partial charge in [-0.1, -0.05) is 6.92 Å². The fourth-order valence-electron chi connectivity index (χ4n) is 1.44. The van der Waals surface area contributed by atoms with E-state index in [1.165, 1.54) is 0 Å². The van der Waals surface area contributed by atoms with E-state index in [2.05, 4.69) is 10.6 Å². The Morgan fingerprint density at radius 2 is 1.84 bits per heavy atom. The molecule has 0 fully saturated rings. The first kappa shape index (κ1) is 14.9. The zero-order valence-corrected chi connectivity index (χ0v) is 10.2. The fourth-order valence-corrected chi connectivity index (χ4v) is 1.44. The SMILES string of the molecule is CC(CNC(=O)Nc1cc(F)cc(F)c1)CC(=O)O. The monoisotopic (exact) mass is 272 g/mol. The lowest BCUT2D eigenvalue weighted by Crippen LogP contribution is -2.33. The highest BCUT2D eigenvalue weighted by Gasteiger charge is 2.10. The molecule has 104 valence electrons. The van der Waals surface area contributed by atoms with E-state index in [1.807, 2.05) is 0 Å². The molecule has 0 aliphatic rings. The summed E-state index contributed by atoms with van der Waals surface area (Å²) in [6, 6.07) is 1.99. The predicted molar refractivity (Wildman–Crippen MR) is 64.8 cm³/mol. The highest BCUT2D eigenvalue weighted by molar-refractivity contribution is 5.89. The number of hydrogen-bond acceptors (Lipinski definition) is 2. The number of urea groups is 1. The first-order chi connectivity index (χ1) is 8.86. The lowest BCUT2D eigenvalue weighted by molar-refractivity contribution is -0.137. The van der Waals surface area contributed by atoms with E-state index in [4.69, 9.17) is 5.11 Å². The van der Waals surface area contributed by atoms with Gasteiger partial charge >= 0.3 is 12.0 Å². The molecule has 2 amide bonds. The molecule has 0 saturated carbocycles. The summed E-state index contributed by atoms with van der Waals surface area (Å²) in [5.74, 6) is -2.79. The predicted octanol–water partition coefficient (Wildman–Crippen LogP) is 2.20. The van der Waals surface area contributed by atoms with Crippen LogP contribution in [0, 0.1) is 17.6 Å². The first-order valence-corrected chi connectivity index (χ1v) is 5.59. The number of aliphatic carboxylic acids is 1. The Hall–Kier alpha value is -2.18. The van der Waals surface area contributed by atoms with Crippen molar-refractivity contribution in [2.75, 3.05) is 11.9 Å². The van der Waals surface area contributed by atoms with Crippen LogP contribution in [0.4, 0.5) is 19.3 Å². The minimum atomic E-state index is -0.957. The van der Waals surface area contributed by atoms with Crippen molar-refractivity contribution in [3.05, 3.63) is 29.8 Å². The van der Waals surface area contributed by atoms with Crippen LogP contribution in [0.25, 0.3) is 0 Å². The topological polar surface area (TPSA) is 78.4 Å². The average Bonchev–Trinajstić information content (AvgIpc) is 2.23. The largest absolute Gasteiger partial charge is 0.481 e. The number of rotatable bonds is 5. The highest BCUT2D eigenvalue weighted by atomic mass is 19.1. The Kier molecular flexibility index (Phi) is 5.23. The Balaban J connectivity index is 2.45. The van der Waals surface area contributed by atoms with Gasteiger partial charge in [0, 0.05) is 24.7 Å². The summed E-state index contributed by atoms with van der Waals surface area (Å²) in [5.41, 5.74) is -0.0131. The normalized spacial score (nSPS) is 11.7. The number of amides is 2. The fraction of sp³-hybridized carbons (Fsp3) is 0.333. The molecule has 0 spiro atoms. The molecule has 1 atom stereocenters. The zero-order chi connectivity index (χ0) is 14.4. The maximum atomic E-state index is 12.9. The molecule has 1 rings (SSSR count). The van der Waals surface area contributed by atoms with Crippen molar-refractivity contribution in [2.24, 2.45) is 5.92 Å². The molecule has 3 N–H and O–H groups in total. The van der Waals surface area contributed by atoms with Crippen LogP contribution in [-0.4, -0.2) is 23.7 Å². The number of nitrogens with one attached hydrogen (secondary N) is 2. The summed E-state index contributed by atoms with van der Waals surface area (Å²) in [7, 11) is 0. The molecule has 0 saturated heterocycles. The second-order valence-corrected chi connectivity index (χ2v) is 4.20. The van der Waals surface area contributed by atoms with Crippen LogP contribution in [0.3, 0.4) is 0 Å². The van der Waals surface area contributed by atoms with E-state index in [1.54, 1.807) is 6.92 Å². The van der Waals surface area contributed by atoms with Crippen LogP contribution in [0.15, 0.2) is 18.2 Å². The molecule has 1 unspecified atom stereocenters. The van der Waals surface area contributed by atoms with Crippen molar-refractivity contribution in [3.8, 4) is 0 Å². The van der Waals surface area contributed by atoms with Crippen LogP contribution in [0.2, 0.25) is 0 Å². The molecule has 0 aliphatic heterocycles. The standard InChI is InChI=1S/C12H14F2N2O3/c1-7(2-11(17)18)6-15-12(19)16-10-4-8(13)3-9(14)5-10/h3-5,7H,2,6H2,1H3,(H,17,18)(H2,15,16,19). The van der Waals surface area contributed by atoms with E-state index < -0.39 is 23.6 Å². The first-order valence-electron chi connectivity index (χ1n) is 5.59. The van der Waals surface area contributed by atoms with Gasteiger partial charge in [0.1, 0.15) is 11.6 Å². The van der Waals surface area contributed by atoms with E-state index in [9.17, 15) is 18.4 Å². The highest BCUT2D eigenvalue weighted by Crippen LogP contribution is 2.12. The maximum absolute atomic E-state index is 12.9. The Labute approximate surface area is 108 Å². The Morgan fingerprint density at radius 1 is 1.26 bits per heavy atom. The van der Waals surface area contributed by atoms with Crippen molar-refractivity contribution < 1.29 is 23.5 Å². The minimum Gasteiger partial charge on any atom is -0.481 e. The minimum absolute atomic E-state index is 0.0131. The van der Waals surface area contributed by atoms with Crippen molar-refractivity contribution in [2.45, 2.75) is 13.3 Å². The van der Waals surface area contributed by atoms with Crippen LogP contribution in [-0.2, 0) is 4.79 Å². The van der Waals surface area contributed by atoms with Gasteiger partial charge in [-0.15, -0.1) is 0 Å². The van der Waals surface area contributed by atoms with Gasteiger partial charge in [-0.05, 0) is 18.1 Å². The van der Waals surface area contributed by atoms with Crippen LogP contribution < -0.4 is 10.6 Å². The molecule has 7 heteroatoms. The van der Waals surface area contributed by atoms with Crippen LogP contribution >= 0.6 is 0 Å². The lowest BCUT2D eigenvalue weighted by Gasteiger charge is -2.11. The molecule has 0 aromatic heterocycles. The number of benzene rings is 1. The molecule has 1 aromatic carbocycles. The summed E-state index contributed by atoms with van der Waals surface area (Å²) in [6.07, 6.45) is -0.0745. The smallest absolute Gasteiger partial charge is 0.319 e. The maximum Gasteiger partial charge on any atom is 0.319 e. The number of anilines is 1. The van der Waals surface area contributed by atoms with Crippen molar-refractivity contribution in [3.63, 3.8) is 0 Å². The Morgan fingerprint density at radius 3 is 2.37 bits per heavy atom. The van der Waals surface area contributed by atoms with Gasteiger partial charge in [-0.3, -0.25) is 4.79 Å². The molecule has 0 radical (unpaired) electrons. The van der Waals surface area contributed by atoms with Crippen LogP contribution in [0.5, 0.6) is 0 Å². The van der Waals surface area contributed by atoms with Gasteiger partial charge in [0.2, 0.25) is 0 Å². The summed E-state index contributed by atoms with van der Waals surface area (Å²) in [6.45, 7) is 1.81. The van der Waals surface area contributed by atoms with Gasteiger partial charge in [-0.2, -0.15) is 0 Å². The third-order valence-electron chi connectivity index (χ3n) is 2.25. The molecule has 1 aromatic rings. The number of carboxylic acids is 1. The van der Waals surface area contributed by atoms with Gasteiger partial charge < -0.3 is 15.7 Å². The van der Waals surface area contributed by atoms with E-state index in [-0.39, 0.29) is 24.6 Å². The third kappa shape index (κ3) is 5.80. The van der Waals surface area contributed by atoms with Gasteiger partial charge in [0.15, 0.2) is 0 Å². The number of carbonyl (C=O) groups excluding carboxylic acids is 1. The van der Waals surface area contributed by atoms with Crippen molar-refractivity contribution in [1.29, 1.82) is 0 Å². The number of carbonyl (C=O) groups is 2. The van der Waals surface area contributed by atoms with E-state index >= 15 is 0 Å². The summed E-state index contributed by atoms with van der Waals surface area (Å²) in [5, 5.41) is 13.2. The number of halogens is 2. The molecule has 0 bridgehead atoms. The third-order valence-corrected chi connectivity index (χ3v) is 2.25. The quantitative estimate of drug-likeness (QED) is 0.768. The lowest BCUT2D eigenvalue weighted by atomic mass is 10.1. The molecule has 19 heavy (non-hydrogen) atoms. The Bertz CT molecular complexity index is 460. The summed E-state index contributed by atoms with van der Waals surface area (Å²) in [4.78, 5) is 21.8. The van der Waals surface area contributed by atoms with Gasteiger partial charge in [0.25, 0.3) is 0 Å². The molecule has 5 nitrogen and oxygen atoms in total. The summed E-state index contributed by atoms with van der Waals surface area (Å²) < 4.78 is 25.7.